The Hall–Kier alpha value is -1.65. The van der Waals surface area contributed by atoms with Crippen molar-refractivity contribution in [1.29, 1.82) is 0 Å². The van der Waals surface area contributed by atoms with Gasteiger partial charge >= 0.3 is 5.97 Å². The molecule has 7 nitrogen and oxygen atoms in total. The molecule has 1 aromatic rings. The van der Waals surface area contributed by atoms with E-state index >= 15 is 0 Å². The summed E-state index contributed by atoms with van der Waals surface area (Å²) in [5, 5.41) is 10.8. The number of hydrogen-bond donors (Lipinski definition) is 3. The van der Waals surface area contributed by atoms with Crippen LogP contribution in [0.1, 0.15) is 6.42 Å². The molecule has 0 spiro atoms. The number of sulfonamides is 1. The van der Waals surface area contributed by atoms with Crippen LogP contribution in [0, 0.1) is 0 Å². The molecule has 2 unspecified atom stereocenters. The van der Waals surface area contributed by atoms with Gasteiger partial charge in [0.25, 0.3) is 0 Å². The Morgan fingerprint density at radius 1 is 1.25 bits per heavy atom. The summed E-state index contributed by atoms with van der Waals surface area (Å²) in [6, 6.07) is 4.55. The maximum Gasteiger partial charge on any atom is 0.328 e. The highest BCUT2D eigenvalue weighted by atomic mass is 32.2. The van der Waals surface area contributed by atoms with E-state index in [2.05, 4.69) is 4.72 Å². The third-order valence-corrected chi connectivity index (χ3v) is 5.18. The third kappa shape index (κ3) is 6.10. The summed E-state index contributed by atoms with van der Waals surface area (Å²) in [7, 11) is -3.96. The van der Waals surface area contributed by atoms with Gasteiger partial charge in [-0.2, -0.15) is 16.5 Å². The first kappa shape index (κ1) is 20.4. The minimum Gasteiger partial charge on any atom is -0.480 e. The Morgan fingerprint density at radius 2 is 1.88 bits per heavy atom. The monoisotopic (exact) mass is 378 g/mol. The molecule has 0 heterocycles. The van der Waals surface area contributed by atoms with E-state index in [1.807, 2.05) is 5.32 Å². The standard InChI is InChI=1S/C14H19FN2O5S2/c1-23-8-7-11(13(18)16-12(9-15)14(19)20)17-24(21,22)10-5-3-2-4-6-10/h2-6,11-12,17H,7-9H2,1H3,(H,16,18)(H,19,20). The van der Waals surface area contributed by atoms with Crippen LogP contribution in [0.3, 0.4) is 0 Å². The van der Waals surface area contributed by atoms with E-state index in [1.165, 1.54) is 36.0 Å². The predicted molar refractivity (Wildman–Crippen MR) is 89.1 cm³/mol. The number of rotatable bonds is 10. The fourth-order valence-electron chi connectivity index (χ4n) is 1.77. The van der Waals surface area contributed by atoms with Crippen molar-refractivity contribution in [1.82, 2.24) is 10.0 Å². The Balaban J connectivity index is 2.92. The topological polar surface area (TPSA) is 113 Å². The summed E-state index contributed by atoms with van der Waals surface area (Å²) in [6.45, 7) is -1.29. The summed E-state index contributed by atoms with van der Waals surface area (Å²) < 4.78 is 39.5. The van der Waals surface area contributed by atoms with Crippen molar-refractivity contribution in [3.8, 4) is 0 Å². The van der Waals surface area contributed by atoms with Gasteiger partial charge in [-0.1, -0.05) is 18.2 Å². The average Bonchev–Trinajstić information content (AvgIpc) is 2.56. The molecular weight excluding hydrogens is 359 g/mol. The summed E-state index contributed by atoms with van der Waals surface area (Å²) in [4.78, 5) is 22.9. The highest BCUT2D eigenvalue weighted by Crippen LogP contribution is 2.10. The van der Waals surface area contributed by atoms with Crippen LogP contribution in [0.25, 0.3) is 0 Å². The van der Waals surface area contributed by atoms with Crippen molar-refractivity contribution in [3.63, 3.8) is 0 Å². The van der Waals surface area contributed by atoms with Gasteiger partial charge in [-0.05, 0) is 30.6 Å². The lowest BCUT2D eigenvalue weighted by Gasteiger charge is -2.20. The number of carboxylic acid groups (broad SMARTS) is 1. The predicted octanol–water partition coefficient (Wildman–Crippen LogP) is 0.625. The first-order chi connectivity index (χ1) is 11.3. The molecule has 1 rings (SSSR count). The summed E-state index contributed by atoms with van der Waals surface area (Å²) >= 11 is 1.39. The maximum atomic E-state index is 12.6. The van der Waals surface area contributed by atoms with Gasteiger partial charge in [0.15, 0.2) is 6.04 Å². The average molecular weight is 378 g/mol. The molecular formula is C14H19FN2O5S2. The largest absolute Gasteiger partial charge is 0.480 e. The maximum absolute atomic E-state index is 12.6. The molecule has 1 amide bonds. The van der Waals surface area contributed by atoms with Crippen LogP contribution in [-0.4, -0.2) is 56.2 Å². The number of halogens is 1. The van der Waals surface area contributed by atoms with Crippen LogP contribution in [0.2, 0.25) is 0 Å². The second-order valence-electron chi connectivity index (χ2n) is 4.82. The van der Waals surface area contributed by atoms with Crippen molar-refractivity contribution >= 4 is 33.7 Å². The lowest BCUT2D eigenvalue weighted by molar-refractivity contribution is -0.142. The number of nitrogens with one attached hydrogen (secondary N) is 2. The van der Waals surface area contributed by atoms with E-state index in [4.69, 9.17) is 5.11 Å². The fraction of sp³-hybridized carbons (Fsp3) is 0.429. The van der Waals surface area contributed by atoms with E-state index in [9.17, 15) is 22.4 Å². The number of amides is 1. The van der Waals surface area contributed by atoms with Gasteiger partial charge in [0.1, 0.15) is 12.7 Å². The molecule has 24 heavy (non-hydrogen) atoms. The zero-order valence-corrected chi connectivity index (χ0v) is 14.6. The highest BCUT2D eigenvalue weighted by Gasteiger charge is 2.28. The molecule has 0 fully saturated rings. The molecule has 3 N–H and O–H groups in total. The minimum absolute atomic E-state index is 0.0211. The number of aliphatic carboxylic acids is 1. The van der Waals surface area contributed by atoms with E-state index < -0.39 is 40.7 Å². The van der Waals surface area contributed by atoms with Gasteiger partial charge in [0.2, 0.25) is 15.9 Å². The van der Waals surface area contributed by atoms with E-state index in [0.29, 0.717) is 5.75 Å². The van der Waals surface area contributed by atoms with Crippen molar-refractivity contribution in [2.75, 3.05) is 18.7 Å². The van der Waals surface area contributed by atoms with Crippen LogP contribution in [0.15, 0.2) is 35.2 Å². The highest BCUT2D eigenvalue weighted by molar-refractivity contribution is 7.98. The molecule has 10 heteroatoms. The Morgan fingerprint density at radius 3 is 2.38 bits per heavy atom. The molecule has 0 aliphatic carbocycles. The lowest BCUT2D eigenvalue weighted by Crippen LogP contribution is -2.52. The van der Waals surface area contributed by atoms with Crippen LogP contribution >= 0.6 is 11.8 Å². The third-order valence-electron chi connectivity index (χ3n) is 3.05. The molecule has 0 saturated heterocycles. The Labute approximate surface area is 144 Å². The number of thioether (sulfide) groups is 1. The first-order valence-corrected chi connectivity index (χ1v) is 9.85. The zero-order chi connectivity index (χ0) is 18.2. The summed E-state index contributed by atoms with van der Waals surface area (Å²) in [6.07, 6.45) is 1.92. The number of carboxylic acids is 1. The molecule has 0 bridgehead atoms. The SMILES string of the molecule is CSCCC(NS(=O)(=O)c1ccccc1)C(=O)NC(CF)C(=O)O. The van der Waals surface area contributed by atoms with Crippen LogP contribution in [0.5, 0.6) is 0 Å². The Kier molecular flexibility index (Phi) is 8.16. The summed E-state index contributed by atoms with van der Waals surface area (Å²) in [5.74, 6) is -1.95. The van der Waals surface area contributed by atoms with Gasteiger partial charge in [-0.25, -0.2) is 17.6 Å². The van der Waals surface area contributed by atoms with E-state index in [0.717, 1.165) is 0 Å². The van der Waals surface area contributed by atoms with Crippen molar-refractivity contribution in [3.05, 3.63) is 30.3 Å². The molecule has 2 atom stereocenters. The normalized spacial score (nSPS) is 13.9. The van der Waals surface area contributed by atoms with Crippen LogP contribution in [-0.2, 0) is 19.6 Å². The minimum atomic E-state index is -3.96. The second kappa shape index (κ2) is 9.60. The van der Waals surface area contributed by atoms with E-state index in [1.54, 1.807) is 12.3 Å². The number of alkyl halides is 1. The molecule has 0 radical (unpaired) electrons. The van der Waals surface area contributed by atoms with Gasteiger partial charge in [0.05, 0.1) is 4.90 Å². The Bertz CT molecular complexity index is 654. The number of carbonyl (C=O) groups is 2. The van der Waals surface area contributed by atoms with Gasteiger partial charge in [0, 0.05) is 0 Å². The van der Waals surface area contributed by atoms with Crippen LogP contribution in [0.4, 0.5) is 4.39 Å². The molecule has 0 aromatic heterocycles. The second-order valence-corrected chi connectivity index (χ2v) is 7.52. The smallest absolute Gasteiger partial charge is 0.328 e. The number of benzene rings is 1. The molecule has 0 saturated carbocycles. The number of carbonyl (C=O) groups excluding carboxylic acids is 1. The molecule has 134 valence electrons. The zero-order valence-electron chi connectivity index (χ0n) is 12.9. The van der Waals surface area contributed by atoms with Gasteiger partial charge < -0.3 is 10.4 Å². The molecule has 1 aromatic carbocycles. The fourth-order valence-corrected chi connectivity index (χ4v) is 3.50. The van der Waals surface area contributed by atoms with Gasteiger partial charge in [-0.3, -0.25) is 4.79 Å². The first-order valence-electron chi connectivity index (χ1n) is 6.97. The van der Waals surface area contributed by atoms with Crippen molar-refractivity contribution < 1.29 is 27.5 Å². The number of hydrogen-bond acceptors (Lipinski definition) is 5. The quantitative estimate of drug-likeness (QED) is 0.550. The van der Waals surface area contributed by atoms with Gasteiger partial charge in [-0.15, -0.1) is 0 Å². The van der Waals surface area contributed by atoms with E-state index in [-0.39, 0.29) is 11.3 Å². The van der Waals surface area contributed by atoms with Crippen LogP contribution < -0.4 is 10.0 Å². The van der Waals surface area contributed by atoms with Crippen molar-refractivity contribution in [2.24, 2.45) is 0 Å². The molecule has 0 aliphatic heterocycles. The van der Waals surface area contributed by atoms with Crippen molar-refractivity contribution in [2.45, 2.75) is 23.4 Å². The lowest BCUT2D eigenvalue weighted by atomic mass is 10.2. The summed E-state index contributed by atoms with van der Waals surface area (Å²) in [5.41, 5.74) is 0. The molecule has 0 aliphatic rings.